The lowest BCUT2D eigenvalue weighted by Crippen LogP contribution is -2.54. The molecule has 156 valence electrons. The van der Waals surface area contributed by atoms with Gasteiger partial charge in [-0.3, -0.25) is 4.90 Å². The molecule has 1 aliphatic heterocycles. The number of carbonyl (C=O) groups is 1. The lowest BCUT2D eigenvalue weighted by atomic mass is 10.0. The van der Waals surface area contributed by atoms with Gasteiger partial charge in [0.2, 0.25) is 5.28 Å². The Kier molecular flexibility index (Phi) is 6.44. The first-order valence-electron chi connectivity index (χ1n) is 9.93. The van der Waals surface area contributed by atoms with Crippen molar-refractivity contribution in [3.8, 4) is 11.3 Å². The van der Waals surface area contributed by atoms with Crippen LogP contribution < -0.4 is 0 Å². The molecule has 1 fully saturated rings. The zero-order valence-electron chi connectivity index (χ0n) is 17.8. The molecule has 1 saturated heterocycles. The number of nitrogens with zero attached hydrogens (tertiary/aromatic N) is 4. The number of aromatic nitrogens is 2. The number of hydrogen-bond acceptors (Lipinski definition) is 5. The Morgan fingerprint density at radius 3 is 2.69 bits per heavy atom. The van der Waals surface area contributed by atoms with Crippen LogP contribution in [-0.2, 0) is 11.3 Å². The number of piperazine rings is 1. The molecule has 7 heteroatoms. The average molecular weight is 417 g/mol. The molecular weight excluding hydrogens is 388 g/mol. The van der Waals surface area contributed by atoms with Crippen molar-refractivity contribution in [2.24, 2.45) is 0 Å². The van der Waals surface area contributed by atoms with Crippen molar-refractivity contribution < 1.29 is 9.53 Å². The normalized spacial score (nSPS) is 18.0. The first-order chi connectivity index (χ1) is 13.6. The van der Waals surface area contributed by atoms with E-state index in [0.29, 0.717) is 13.1 Å². The maximum atomic E-state index is 12.4. The minimum absolute atomic E-state index is 0.234. The van der Waals surface area contributed by atoms with E-state index >= 15 is 0 Å². The topological polar surface area (TPSA) is 58.6 Å². The van der Waals surface area contributed by atoms with Gasteiger partial charge in [-0.1, -0.05) is 12.1 Å². The predicted octanol–water partition coefficient (Wildman–Crippen LogP) is 4.55. The van der Waals surface area contributed by atoms with Crippen LogP contribution in [0.4, 0.5) is 4.79 Å². The standard InChI is InChI=1S/C22H29ClN4O2/c1-15-6-7-17(12-18(15)19-8-9-24-20(23)25-19)14-26-10-11-27(13-16(26)2)21(28)29-22(3,4)5/h6-9,12,16H,10-11,13-14H2,1-5H3. The minimum atomic E-state index is -0.473. The summed E-state index contributed by atoms with van der Waals surface area (Å²) in [5.41, 5.74) is 3.77. The summed E-state index contributed by atoms with van der Waals surface area (Å²) in [7, 11) is 0. The Balaban J connectivity index is 1.68. The van der Waals surface area contributed by atoms with Crippen LogP contribution in [0.25, 0.3) is 11.3 Å². The highest BCUT2D eigenvalue weighted by molar-refractivity contribution is 6.28. The molecule has 0 N–H and O–H groups in total. The summed E-state index contributed by atoms with van der Waals surface area (Å²) in [6, 6.07) is 8.55. The smallest absolute Gasteiger partial charge is 0.410 e. The van der Waals surface area contributed by atoms with Gasteiger partial charge >= 0.3 is 6.09 Å². The number of ether oxygens (including phenoxy) is 1. The molecule has 3 rings (SSSR count). The van der Waals surface area contributed by atoms with E-state index in [9.17, 15) is 4.79 Å². The van der Waals surface area contributed by atoms with E-state index in [1.54, 1.807) is 11.1 Å². The molecule has 0 bridgehead atoms. The van der Waals surface area contributed by atoms with Crippen molar-refractivity contribution >= 4 is 17.7 Å². The fourth-order valence-electron chi connectivity index (χ4n) is 3.49. The molecule has 1 unspecified atom stereocenters. The van der Waals surface area contributed by atoms with E-state index in [1.807, 2.05) is 26.8 Å². The fraction of sp³-hybridized carbons (Fsp3) is 0.500. The zero-order chi connectivity index (χ0) is 21.2. The lowest BCUT2D eigenvalue weighted by Gasteiger charge is -2.40. The molecule has 1 aromatic carbocycles. The minimum Gasteiger partial charge on any atom is -0.444 e. The number of hydrogen-bond donors (Lipinski definition) is 0. The number of amides is 1. The summed E-state index contributed by atoms with van der Waals surface area (Å²) in [6.07, 6.45) is 1.44. The third-order valence-electron chi connectivity index (χ3n) is 5.01. The van der Waals surface area contributed by atoms with Crippen molar-refractivity contribution in [2.45, 2.75) is 52.8 Å². The van der Waals surface area contributed by atoms with Crippen LogP contribution in [-0.4, -0.2) is 57.1 Å². The number of rotatable bonds is 3. The first kappa shape index (κ1) is 21.5. The van der Waals surface area contributed by atoms with Crippen molar-refractivity contribution in [2.75, 3.05) is 19.6 Å². The fourth-order valence-corrected chi connectivity index (χ4v) is 3.63. The van der Waals surface area contributed by atoms with E-state index in [2.05, 4.69) is 46.9 Å². The highest BCUT2D eigenvalue weighted by Gasteiger charge is 2.29. The second-order valence-electron chi connectivity index (χ2n) is 8.61. The molecular formula is C22H29ClN4O2. The summed E-state index contributed by atoms with van der Waals surface area (Å²) in [4.78, 5) is 24.9. The van der Waals surface area contributed by atoms with Crippen LogP contribution in [0.5, 0.6) is 0 Å². The van der Waals surface area contributed by atoms with Gasteiger partial charge in [0.25, 0.3) is 0 Å². The maximum absolute atomic E-state index is 12.4. The van der Waals surface area contributed by atoms with Crippen molar-refractivity contribution in [3.05, 3.63) is 46.9 Å². The molecule has 1 amide bonds. The van der Waals surface area contributed by atoms with Crippen LogP contribution in [0, 0.1) is 6.92 Å². The number of halogens is 1. The van der Waals surface area contributed by atoms with Gasteiger partial charge in [-0.05, 0) is 69.5 Å². The Hall–Kier alpha value is -2.18. The monoisotopic (exact) mass is 416 g/mol. The Labute approximate surface area is 177 Å². The quantitative estimate of drug-likeness (QED) is 0.687. The molecule has 0 saturated carbocycles. The highest BCUT2D eigenvalue weighted by atomic mass is 35.5. The van der Waals surface area contributed by atoms with E-state index in [0.717, 1.165) is 29.9 Å². The molecule has 6 nitrogen and oxygen atoms in total. The van der Waals surface area contributed by atoms with Gasteiger partial charge in [0.1, 0.15) is 5.60 Å². The Morgan fingerprint density at radius 1 is 1.28 bits per heavy atom. The van der Waals surface area contributed by atoms with Crippen molar-refractivity contribution in [1.82, 2.24) is 19.8 Å². The summed E-state index contributed by atoms with van der Waals surface area (Å²) in [5.74, 6) is 0. The zero-order valence-corrected chi connectivity index (χ0v) is 18.5. The number of carbonyl (C=O) groups excluding carboxylic acids is 1. The average Bonchev–Trinajstić information content (AvgIpc) is 2.63. The van der Waals surface area contributed by atoms with Gasteiger partial charge in [0, 0.05) is 44.0 Å². The van der Waals surface area contributed by atoms with Gasteiger partial charge < -0.3 is 9.64 Å². The third kappa shape index (κ3) is 5.67. The molecule has 2 heterocycles. The van der Waals surface area contributed by atoms with Gasteiger partial charge in [-0.15, -0.1) is 0 Å². The molecule has 1 aliphatic rings. The molecule has 1 aromatic heterocycles. The molecule has 0 radical (unpaired) electrons. The highest BCUT2D eigenvalue weighted by Crippen LogP contribution is 2.25. The van der Waals surface area contributed by atoms with Crippen molar-refractivity contribution in [1.29, 1.82) is 0 Å². The summed E-state index contributed by atoms with van der Waals surface area (Å²) in [5, 5.41) is 0.249. The molecule has 1 atom stereocenters. The number of aryl methyl sites for hydroxylation is 1. The Bertz CT molecular complexity index is 881. The van der Waals surface area contributed by atoms with E-state index in [-0.39, 0.29) is 17.4 Å². The van der Waals surface area contributed by atoms with E-state index in [1.165, 1.54) is 5.56 Å². The second kappa shape index (κ2) is 8.67. The van der Waals surface area contributed by atoms with Gasteiger partial charge in [-0.25, -0.2) is 14.8 Å². The van der Waals surface area contributed by atoms with Gasteiger partial charge in [-0.2, -0.15) is 0 Å². The van der Waals surface area contributed by atoms with Crippen LogP contribution in [0.15, 0.2) is 30.5 Å². The van der Waals surface area contributed by atoms with Crippen LogP contribution in [0.1, 0.15) is 38.8 Å². The number of benzene rings is 1. The predicted molar refractivity (Wildman–Crippen MR) is 115 cm³/mol. The van der Waals surface area contributed by atoms with Crippen LogP contribution in [0.2, 0.25) is 5.28 Å². The third-order valence-corrected chi connectivity index (χ3v) is 5.19. The maximum Gasteiger partial charge on any atom is 0.410 e. The van der Waals surface area contributed by atoms with Crippen molar-refractivity contribution in [3.63, 3.8) is 0 Å². The summed E-state index contributed by atoms with van der Waals surface area (Å²) >= 11 is 5.97. The van der Waals surface area contributed by atoms with Crippen LogP contribution in [0.3, 0.4) is 0 Å². The van der Waals surface area contributed by atoms with Gasteiger partial charge in [0.05, 0.1) is 5.69 Å². The molecule has 29 heavy (non-hydrogen) atoms. The van der Waals surface area contributed by atoms with E-state index in [4.69, 9.17) is 16.3 Å². The summed E-state index contributed by atoms with van der Waals surface area (Å²) < 4.78 is 5.51. The largest absolute Gasteiger partial charge is 0.444 e. The Morgan fingerprint density at radius 2 is 2.03 bits per heavy atom. The van der Waals surface area contributed by atoms with Gasteiger partial charge in [0.15, 0.2) is 0 Å². The SMILES string of the molecule is Cc1ccc(CN2CCN(C(=O)OC(C)(C)C)CC2C)cc1-c1ccnc(Cl)n1. The molecule has 2 aromatic rings. The lowest BCUT2D eigenvalue weighted by molar-refractivity contribution is 0.00461. The molecule has 0 spiro atoms. The second-order valence-corrected chi connectivity index (χ2v) is 8.94. The first-order valence-corrected chi connectivity index (χ1v) is 10.3. The summed E-state index contributed by atoms with van der Waals surface area (Å²) in [6.45, 7) is 12.8. The van der Waals surface area contributed by atoms with Crippen LogP contribution >= 0.6 is 11.6 Å². The molecule has 0 aliphatic carbocycles. The van der Waals surface area contributed by atoms with E-state index < -0.39 is 5.60 Å².